The Morgan fingerprint density at radius 2 is 2.09 bits per heavy atom. The highest BCUT2D eigenvalue weighted by molar-refractivity contribution is 5.88. The third-order valence-electron chi connectivity index (χ3n) is 3.48. The van der Waals surface area contributed by atoms with Gasteiger partial charge in [0.05, 0.1) is 0 Å². The van der Waals surface area contributed by atoms with Crippen LogP contribution in [-0.4, -0.2) is 5.78 Å². The lowest BCUT2D eigenvalue weighted by molar-refractivity contribution is -0.121. The molecule has 0 radical (unpaired) electrons. The molecule has 2 unspecified atom stereocenters. The average Bonchev–Trinajstić information content (AvgIpc) is 2.14. The Balaban J connectivity index is 2.44. The van der Waals surface area contributed by atoms with E-state index in [0.29, 0.717) is 11.7 Å². The highest BCUT2D eigenvalue weighted by Gasteiger charge is 2.54. The number of carbonyl (C=O) groups is 1. The van der Waals surface area contributed by atoms with Crippen LogP contribution in [-0.2, 0) is 4.79 Å². The number of hydrogen-bond donors (Lipinski definition) is 0. The largest absolute Gasteiger partial charge is 0.299 e. The molecule has 0 saturated heterocycles. The molecule has 0 amide bonds. The van der Waals surface area contributed by atoms with E-state index in [4.69, 9.17) is 0 Å². The summed E-state index contributed by atoms with van der Waals surface area (Å²) < 4.78 is 0. The van der Waals surface area contributed by atoms with Crippen LogP contribution in [0.15, 0.2) is 12.2 Å². The molecule has 0 aromatic carbocycles. The molecule has 0 N–H and O–H groups in total. The van der Waals surface area contributed by atoms with E-state index in [1.165, 1.54) is 5.57 Å². The van der Waals surface area contributed by atoms with E-state index >= 15 is 0 Å². The van der Waals surface area contributed by atoms with E-state index in [1.807, 2.05) is 0 Å². The van der Waals surface area contributed by atoms with Gasteiger partial charge in [0.15, 0.2) is 0 Å². The molecule has 1 nitrogen and oxygen atoms in total. The minimum Gasteiger partial charge on any atom is -0.299 e. The maximum atomic E-state index is 11.4. The number of ketones is 1. The summed E-state index contributed by atoms with van der Waals surface area (Å²) in [5.41, 5.74) is 1.39. The Labute approximate surface area is 67.5 Å². The molecule has 2 fully saturated rings. The Kier molecular flexibility index (Phi) is 1.14. The van der Waals surface area contributed by atoms with Gasteiger partial charge in [-0.15, -0.1) is 0 Å². The lowest BCUT2D eigenvalue weighted by atomic mass is 9.81. The highest BCUT2D eigenvalue weighted by atomic mass is 16.1. The number of allylic oxidation sites excluding steroid dienone is 1. The van der Waals surface area contributed by atoms with Crippen LogP contribution in [0.3, 0.4) is 0 Å². The molecule has 11 heavy (non-hydrogen) atoms. The molecule has 0 heterocycles. The topological polar surface area (TPSA) is 17.1 Å². The summed E-state index contributed by atoms with van der Waals surface area (Å²) in [4.78, 5) is 11.4. The standard InChI is InChI=1S/C10H14O/c1-6-4-7-5-8(11)9(6)10(7,2)3/h7,9H,1,4-5H2,2-3H3. The Bertz CT molecular complexity index is 219. The summed E-state index contributed by atoms with van der Waals surface area (Å²) in [6.45, 7) is 8.36. The molecule has 0 aromatic rings. The maximum absolute atomic E-state index is 11.4. The molecule has 0 spiro atoms. The second-order valence-corrected chi connectivity index (χ2v) is 4.48. The second-order valence-electron chi connectivity index (χ2n) is 4.48. The van der Waals surface area contributed by atoms with Gasteiger partial charge in [-0.3, -0.25) is 4.79 Å². The van der Waals surface area contributed by atoms with Gasteiger partial charge in [0, 0.05) is 12.3 Å². The van der Waals surface area contributed by atoms with Crippen molar-refractivity contribution in [2.24, 2.45) is 17.3 Å². The summed E-state index contributed by atoms with van der Waals surface area (Å²) in [5.74, 6) is 1.20. The van der Waals surface area contributed by atoms with E-state index in [2.05, 4.69) is 20.4 Å². The first-order valence-corrected chi connectivity index (χ1v) is 4.24. The fourth-order valence-corrected chi connectivity index (χ4v) is 2.80. The predicted octanol–water partition coefficient (Wildman–Crippen LogP) is 2.18. The van der Waals surface area contributed by atoms with Gasteiger partial charge in [0.1, 0.15) is 5.78 Å². The monoisotopic (exact) mass is 150 g/mol. The van der Waals surface area contributed by atoms with Crippen molar-refractivity contribution >= 4 is 5.78 Å². The van der Waals surface area contributed by atoms with Crippen molar-refractivity contribution in [3.63, 3.8) is 0 Å². The van der Waals surface area contributed by atoms with E-state index < -0.39 is 0 Å². The normalized spacial score (nSPS) is 40.2. The Morgan fingerprint density at radius 3 is 2.36 bits per heavy atom. The maximum Gasteiger partial charge on any atom is 0.140 e. The molecule has 0 aliphatic heterocycles. The average molecular weight is 150 g/mol. The van der Waals surface area contributed by atoms with Crippen LogP contribution in [0, 0.1) is 17.3 Å². The Morgan fingerprint density at radius 1 is 1.45 bits per heavy atom. The Hall–Kier alpha value is -0.590. The first-order valence-electron chi connectivity index (χ1n) is 4.24. The number of hydrogen-bond acceptors (Lipinski definition) is 1. The molecule has 2 bridgehead atoms. The van der Waals surface area contributed by atoms with E-state index in [-0.39, 0.29) is 11.3 Å². The van der Waals surface area contributed by atoms with Crippen molar-refractivity contribution in [3.8, 4) is 0 Å². The van der Waals surface area contributed by atoms with Gasteiger partial charge in [-0.1, -0.05) is 26.0 Å². The van der Waals surface area contributed by atoms with Gasteiger partial charge in [-0.05, 0) is 17.8 Å². The first kappa shape index (κ1) is 7.08. The summed E-state index contributed by atoms with van der Waals surface area (Å²) in [6.07, 6.45) is 1.89. The van der Waals surface area contributed by atoms with Crippen LogP contribution in [0.4, 0.5) is 0 Å². The van der Waals surface area contributed by atoms with Crippen LogP contribution in [0.2, 0.25) is 0 Å². The van der Waals surface area contributed by atoms with Gasteiger partial charge in [0.2, 0.25) is 0 Å². The van der Waals surface area contributed by atoms with Crippen LogP contribution in [0.5, 0.6) is 0 Å². The lowest BCUT2D eigenvalue weighted by Gasteiger charge is -2.21. The number of carbonyl (C=O) groups excluding carboxylic acids is 1. The fraction of sp³-hybridized carbons (Fsp3) is 0.700. The zero-order valence-corrected chi connectivity index (χ0v) is 7.18. The molecule has 1 heteroatoms. The molecular formula is C10H14O. The first-order chi connectivity index (χ1) is 5.03. The molecule has 60 valence electrons. The molecule has 2 aliphatic rings. The fourth-order valence-electron chi connectivity index (χ4n) is 2.80. The summed E-state index contributed by atoms with van der Waals surface area (Å²) in [6, 6.07) is 0. The number of Topliss-reactive ketones (excluding diaryl/α,β-unsaturated/α-hetero) is 1. The van der Waals surface area contributed by atoms with Gasteiger partial charge in [-0.25, -0.2) is 0 Å². The van der Waals surface area contributed by atoms with Gasteiger partial charge in [-0.2, -0.15) is 0 Å². The lowest BCUT2D eigenvalue weighted by Crippen LogP contribution is -2.20. The molecule has 0 aromatic heterocycles. The van der Waals surface area contributed by atoms with Crippen molar-refractivity contribution < 1.29 is 4.79 Å². The summed E-state index contributed by atoms with van der Waals surface area (Å²) >= 11 is 0. The van der Waals surface area contributed by atoms with E-state index in [9.17, 15) is 4.79 Å². The van der Waals surface area contributed by atoms with Crippen LogP contribution >= 0.6 is 0 Å². The second kappa shape index (κ2) is 1.77. The number of rotatable bonds is 0. The van der Waals surface area contributed by atoms with Crippen LogP contribution in [0.1, 0.15) is 26.7 Å². The third-order valence-corrected chi connectivity index (χ3v) is 3.48. The zero-order valence-electron chi connectivity index (χ0n) is 7.18. The van der Waals surface area contributed by atoms with E-state index in [0.717, 1.165) is 12.8 Å². The van der Waals surface area contributed by atoms with Gasteiger partial charge < -0.3 is 0 Å². The van der Waals surface area contributed by atoms with Crippen molar-refractivity contribution in [2.75, 3.05) is 0 Å². The smallest absolute Gasteiger partial charge is 0.140 e. The minimum atomic E-state index is 0.187. The molecule has 2 rings (SSSR count). The molecule has 2 saturated carbocycles. The van der Waals surface area contributed by atoms with Crippen molar-refractivity contribution in [2.45, 2.75) is 26.7 Å². The van der Waals surface area contributed by atoms with Gasteiger partial charge >= 0.3 is 0 Å². The van der Waals surface area contributed by atoms with Crippen molar-refractivity contribution in [3.05, 3.63) is 12.2 Å². The zero-order chi connectivity index (χ0) is 8.22. The molecule has 2 aliphatic carbocycles. The van der Waals surface area contributed by atoms with E-state index in [1.54, 1.807) is 0 Å². The third kappa shape index (κ3) is 0.688. The number of fused-ring (bicyclic) bond motifs is 2. The SMILES string of the molecule is C=C1CC2CC(=O)C1C2(C)C. The van der Waals surface area contributed by atoms with Crippen LogP contribution < -0.4 is 0 Å². The van der Waals surface area contributed by atoms with Gasteiger partial charge in [0.25, 0.3) is 0 Å². The van der Waals surface area contributed by atoms with Crippen molar-refractivity contribution in [1.29, 1.82) is 0 Å². The molecular weight excluding hydrogens is 136 g/mol. The summed E-state index contributed by atoms with van der Waals surface area (Å²) in [7, 11) is 0. The molecule has 2 atom stereocenters. The quantitative estimate of drug-likeness (QED) is 0.484. The summed E-state index contributed by atoms with van der Waals surface area (Å²) in [5, 5.41) is 0. The highest BCUT2D eigenvalue weighted by Crippen LogP contribution is 2.57. The minimum absolute atomic E-state index is 0.187. The van der Waals surface area contributed by atoms with Crippen LogP contribution in [0.25, 0.3) is 0 Å². The van der Waals surface area contributed by atoms with Crippen molar-refractivity contribution in [1.82, 2.24) is 0 Å². The predicted molar refractivity (Wildman–Crippen MR) is 44.1 cm³/mol.